The van der Waals surface area contributed by atoms with Gasteiger partial charge in [-0.2, -0.15) is 0 Å². The number of carbonyl (C=O) groups is 2. The third-order valence-electron chi connectivity index (χ3n) is 7.50. The maximum absolute atomic E-state index is 13.7. The molecule has 40 heavy (non-hydrogen) atoms. The van der Waals surface area contributed by atoms with Crippen molar-refractivity contribution < 1.29 is 33.3 Å². The Balaban J connectivity index is 1.40. The van der Waals surface area contributed by atoms with Crippen LogP contribution in [0.15, 0.2) is 96.8 Å². The molecule has 6 rings (SSSR count). The lowest BCUT2D eigenvalue weighted by Gasteiger charge is -2.50. The lowest BCUT2D eigenvalue weighted by molar-refractivity contribution is -0.350. The first-order valence-corrected chi connectivity index (χ1v) is 13.4. The minimum atomic E-state index is -0.999. The second-order valence-corrected chi connectivity index (χ2v) is 10.0. The third-order valence-corrected chi connectivity index (χ3v) is 7.50. The molecule has 8 heteroatoms. The summed E-state index contributed by atoms with van der Waals surface area (Å²) >= 11 is 0. The average molecular weight is 542 g/mol. The van der Waals surface area contributed by atoms with Crippen LogP contribution < -0.4 is 0 Å². The molecule has 0 aliphatic carbocycles. The van der Waals surface area contributed by atoms with E-state index >= 15 is 0 Å². The molecule has 0 radical (unpaired) electrons. The van der Waals surface area contributed by atoms with Crippen LogP contribution in [0.1, 0.15) is 52.0 Å². The number of allylic oxidation sites excluding steroid dienone is 2. The summed E-state index contributed by atoms with van der Waals surface area (Å²) in [6.45, 7) is 4.11. The summed E-state index contributed by atoms with van der Waals surface area (Å²) in [5, 5.41) is 0. The van der Waals surface area contributed by atoms with E-state index in [0.29, 0.717) is 16.9 Å². The van der Waals surface area contributed by atoms with Gasteiger partial charge in [-0.1, -0.05) is 72.8 Å². The fourth-order valence-electron chi connectivity index (χ4n) is 5.40. The highest BCUT2D eigenvalue weighted by Crippen LogP contribution is 2.40. The number of nitrogens with zero attached hydrogens (tertiary/aromatic N) is 1. The van der Waals surface area contributed by atoms with E-state index in [9.17, 15) is 9.59 Å². The van der Waals surface area contributed by atoms with Gasteiger partial charge in [0.1, 0.15) is 24.4 Å². The van der Waals surface area contributed by atoms with Gasteiger partial charge in [-0.3, -0.25) is 14.5 Å². The highest BCUT2D eigenvalue weighted by molar-refractivity contribution is 6.21. The zero-order valence-electron chi connectivity index (χ0n) is 22.3. The molecule has 8 nitrogen and oxygen atoms in total. The van der Waals surface area contributed by atoms with Crippen LogP contribution in [0.5, 0.6) is 0 Å². The van der Waals surface area contributed by atoms with E-state index in [1.165, 1.54) is 4.90 Å². The first-order valence-electron chi connectivity index (χ1n) is 13.4. The van der Waals surface area contributed by atoms with Crippen LogP contribution >= 0.6 is 0 Å². The van der Waals surface area contributed by atoms with Crippen molar-refractivity contribution in [2.45, 2.75) is 57.4 Å². The Labute approximate surface area is 233 Å². The van der Waals surface area contributed by atoms with E-state index in [-0.39, 0.29) is 13.2 Å². The smallest absolute Gasteiger partial charge is 0.262 e. The number of rotatable bonds is 7. The first-order chi connectivity index (χ1) is 19.5. The van der Waals surface area contributed by atoms with Gasteiger partial charge in [0.2, 0.25) is 6.29 Å². The van der Waals surface area contributed by atoms with E-state index in [1.54, 1.807) is 37.3 Å². The van der Waals surface area contributed by atoms with Crippen LogP contribution in [-0.4, -0.2) is 54.0 Å². The van der Waals surface area contributed by atoms with Crippen LogP contribution in [0.4, 0.5) is 0 Å². The predicted octanol–water partition coefficient (Wildman–Crippen LogP) is 5.02. The Morgan fingerprint density at radius 3 is 2.17 bits per heavy atom. The number of hydrogen-bond donors (Lipinski definition) is 0. The summed E-state index contributed by atoms with van der Waals surface area (Å²) in [7, 11) is 0. The Hall–Kier alpha value is -3.82. The summed E-state index contributed by atoms with van der Waals surface area (Å²) in [6.07, 6.45) is -1.84. The fraction of sp³-hybridized carbons (Fsp3) is 0.312. The molecule has 3 aromatic rings. The molecule has 0 bridgehead atoms. The third kappa shape index (κ3) is 4.95. The SMILES string of the molecule is C/C=C(\C)O[C@@H]1O[C@@H]2COC(c3ccccc3)O[C@H]2[C@H](OCc2ccccc2)[C@H]1N1C(=O)c2ccccc2C1=O. The minimum absolute atomic E-state index is 0.221. The quantitative estimate of drug-likeness (QED) is 0.307. The Morgan fingerprint density at radius 1 is 0.900 bits per heavy atom. The summed E-state index contributed by atoms with van der Waals surface area (Å²) in [5.74, 6) is -0.245. The fourth-order valence-corrected chi connectivity index (χ4v) is 5.40. The lowest BCUT2D eigenvalue weighted by Crippen LogP contribution is -2.68. The maximum atomic E-state index is 13.7. The number of amides is 2. The Morgan fingerprint density at radius 2 is 1.52 bits per heavy atom. The number of carbonyl (C=O) groups excluding carboxylic acids is 2. The zero-order valence-corrected chi connectivity index (χ0v) is 22.3. The highest BCUT2D eigenvalue weighted by atomic mass is 16.8. The Bertz CT molecular complexity index is 1360. The monoisotopic (exact) mass is 541 g/mol. The molecular formula is C32H31NO7. The molecule has 3 aliphatic rings. The van der Waals surface area contributed by atoms with Crippen molar-refractivity contribution >= 4 is 11.8 Å². The summed E-state index contributed by atoms with van der Waals surface area (Å²) in [5.41, 5.74) is 2.48. The van der Waals surface area contributed by atoms with Gasteiger partial charge in [-0.25, -0.2) is 0 Å². The summed E-state index contributed by atoms with van der Waals surface area (Å²) < 4.78 is 31.8. The molecule has 3 aliphatic heterocycles. The van der Waals surface area contributed by atoms with Gasteiger partial charge in [-0.15, -0.1) is 0 Å². The first kappa shape index (κ1) is 26.4. The van der Waals surface area contributed by atoms with Crippen molar-refractivity contribution in [3.63, 3.8) is 0 Å². The lowest BCUT2D eigenvalue weighted by atomic mass is 9.94. The second-order valence-electron chi connectivity index (χ2n) is 10.0. The van der Waals surface area contributed by atoms with Gasteiger partial charge < -0.3 is 23.7 Å². The number of ether oxygens (including phenoxy) is 5. The summed E-state index contributed by atoms with van der Waals surface area (Å²) in [4.78, 5) is 28.7. The molecule has 0 saturated carbocycles. The topological polar surface area (TPSA) is 83.5 Å². The van der Waals surface area contributed by atoms with Gasteiger partial charge in [0.15, 0.2) is 6.29 Å². The van der Waals surface area contributed by atoms with Crippen molar-refractivity contribution in [1.82, 2.24) is 4.90 Å². The van der Waals surface area contributed by atoms with Crippen LogP contribution in [0, 0.1) is 0 Å². The van der Waals surface area contributed by atoms with Crippen molar-refractivity contribution in [3.05, 3.63) is 119 Å². The van der Waals surface area contributed by atoms with Crippen molar-refractivity contribution in [2.75, 3.05) is 6.61 Å². The van der Waals surface area contributed by atoms with Crippen LogP contribution in [0.3, 0.4) is 0 Å². The Kier molecular flexibility index (Phi) is 7.49. The molecule has 6 atom stereocenters. The molecule has 0 spiro atoms. The summed E-state index contributed by atoms with van der Waals surface area (Å²) in [6, 6.07) is 25.2. The van der Waals surface area contributed by atoms with Gasteiger partial charge in [0.05, 0.1) is 30.1 Å². The minimum Gasteiger partial charge on any atom is -0.468 e. The van der Waals surface area contributed by atoms with Gasteiger partial charge >= 0.3 is 0 Å². The van der Waals surface area contributed by atoms with Gasteiger partial charge in [-0.05, 0) is 37.6 Å². The normalized spacial score (nSPS) is 28.2. The van der Waals surface area contributed by atoms with Crippen molar-refractivity contribution in [3.8, 4) is 0 Å². The van der Waals surface area contributed by atoms with E-state index in [1.807, 2.05) is 67.6 Å². The molecule has 0 N–H and O–H groups in total. The number of hydrogen-bond acceptors (Lipinski definition) is 7. The van der Waals surface area contributed by atoms with Crippen molar-refractivity contribution in [1.29, 1.82) is 0 Å². The number of fused-ring (bicyclic) bond motifs is 2. The molecule has 0 aromatic heterocycles. The molecule has 206 valence electrons. The van der Waals surface area contributed by atoms with E-state index < -0.39 is 48.7 Å². The van der Waals surface area contributed by atoms with E-state index in [0.717, 1.165) is 11.1 Å². The van der Waals surface area contributed by atoms with Crippen LogP contribution in [0.2, 0.25) is 0 Å². The molecule has 2 saturated heterocycles. The average Bonchev–Trinajstić information content (AvgIpc) is 3.25. The molecule has 2 fully saturated rings. The standard InChI is InChI=1S/C32H31NO7/c1-3-20(2)38-32-26(33-29(34)23-16-10-11-17-24(23)30(33)35)28(36-18-21-12-6-4-7-13-21)27-25(39-32)19-37-31(40-27)22-14-8-5-9-15-22/h3-17,25-28,31-32H,18-19H2,1-2H3/b20-3+/t25-,26-,27-,28-,31?,32-/m1/s1. The number of imide groups is 1. The molecule has 3 heterocycles. The molecule has 1 unspecified atom stereocenters. The van der Waals surface area contributed by atoms with E-state index in [4.69, 9.17) is 23.7 Å². The second kappa shape index (κ2) is 11.3. The molecule has 3 aromatic carbocycles. The van der Waals surface area contributed by atoms with Gasteiger partial charge in [0, 0.05) is 5.56 Å². The van der Waals surface area contributed by atoms with E-state index in [2.05, 4.69) is 0 Å². The zero-order chi connectivity index (χ0) is 27.6. The predicted molar refractivity (Wildman–Crippen MR) is 145 cm³/mol. The highest BCUT2D eigenvalue weighted by Gasteiger charge is 2.57. The van der Waals surface area contributed by atoms with Crippen LogP contribution in [0.25, 0.3) is 0 Å². The molecular weight excluding hydrogens is 510 g/mol. The van der Waals surface area contributed by atoms with Crippen LogP contribution in [-0.2, 0) is 30.3 Å². The molecule has 2 amide bonds. The number of benzene rings is 3. The maximum Gasteiger partial charge on any atom is 0.262 e. The largest absolute Gasteiger partial charge is 0.468 e. The van der Waals surface area contributed by atoms with Gasteiger partial charge in [0.25, 0.3) is 11.8 Å². The van der Waals surface area contributed by atoms with Crippen molar-refractivity contribution in [2.24, 2.45) is 0 Å².